The molecule has 0 spiro atoms. The molecule has 0 heterocycles. The fourth-order valence-corrected chi connectivity index (χ4v) is 2.00. The second kappa shape index (κ2) is 5.13. The molecule has 0 saturated carbocycles. The monoisotopic (exact) mass is 300 g/mol. The fraction of sp³-hybridized carbons (Fsp3) is 0.250. The van der Waals surface area contributed by atoms with Crippen LogP contribution in [-0.4, -0.2) is 0 Å². The predicted molar refractivity (Wildman–Crippen MR) is 70.4 cm³/mol. The minimum atomic E-state index is -2.15. The van der Waals surface area contributed by atoms with E-state index in [9.17, 15) is 22.0 Å². The molecule has 0 aliphatic rings. The van der Waals surface area contributed by atoms with E-state index in [1.165, 1.54) is 12.1 Å². The van der Waals surface area contributed by atoms with Gasteiger partial charge in [0.2, 0.25) is 5.82 Å². The van der Waals surface area contributed by atoms with Gasteiger partial charge in [-0.1, -0.05) is 45.0 Å². The number of hydrogen-bond acceptors (Lipinski definition) is 0. The van der Waals surface area contributed by atoms with Crippen LogP contribution < -0.4 is 0 Å². The quantitative estimate of drug-likeness (QED) is 0.378. The zero-order valence-electron chi connectivity index (χ0n) is 11.7. The first-order chi connectivity index (χ1) is 9.64. The largest absolute Gasteiger partial charge is 0.203 e. The summed E-state index contributed by atoms with van der Waals surface area (Å²) in [6, 6.07) is 5.90. The molecule has 0 atom stereocenters. The van der Waals surface area contributed by atoms with Crippen molar-refractivity contribution in [2.45, 2.75) is 26.2 Å². The lowest BCUT2D eigenvalue weighted by atomic mass is 9.86. The van der Waals surface area contributed by atoms with Crippen LogP contribution in [0.4, 0.5) is 22.0 Å². The number of hydrogen-bond donors (Lipinski definition) is 0. The number of rotatable bonds is 1. The van der Waals surface area contributed by atoms with E-state index in [-0.39, 0.29) is 11.0 Å². The van der Waals surface area contributed by atoms with Crippen LogP contribution in [0.3, 0.4) is 0 Å². The van der Waals surface area contributed by atoms with Crippen molar-refractivity contribution in [2.24, 2.45) is 0 Å². The van der Waals surface area contributed by atoms with Crippen LogP contribution in [0.1, 0.15) is 26.3 Å². The third-order valence-electron chi connectivity index (χ3n) is 3.25. The van der Waals surface area contributed by atoms with Gasteiger partial charge in [-0.2, -0.15) is 0 Å². The fourth-order valence-electron chi connectivity index (χ4n) is 2.00. The molecule has 0 aliphatic carbocycles. The molecule has 21 heavy (non-hydrogen) atoms. The second-order valence-corrected chi connectivity index (χ2v) is 5.77. The summed E-state index contributed by atoms with van der Waals surface area (Å²) in [4.78, 5) is 0. The minimum Gasteiger partial charge on any atom is -0.203 e. The van der Waals surface area contributed by atoms with E-state index in [1.807, 2.05) is 20.8 Å². The summed E-state index contributed by atoms with van der Waals surface area (Å²) in [7, 11) is 0. The van der Waals surface area contributed by atoms with Crippen molar-refractivity contribution >= 4 is 0 Å². The van der Waals surface area contributed by atoms with Crippen LogP contribution >= 0.6 is 0 Å². The standard InChI is InChI=1S/C16H13F5/c1-16(2,3)9-6-4-8(5-7-9)10-11(17)13(19)15(21)14(20)12(10)18/h4-7H,1-3H3. The molecular formula is C16H13F5. The van der Waals surface area contributed by atoms with Crippen LogP contribution in [0, 0.1) is 29.1 Å². The van der Waals surface area contributed by atoms with Crippen LogP contribution in [0.15, 0.2) is 24.3 Å². The molecule has 0 aromatic heterocycles. The van der Waals surface area contributed by atoms with Gasteiger partial charge in [-0.05, 0) is 16.5 Å². The van der Waals surface area contributed by atoms with Gasteiger partial charge in [0.25, 0.3) is 0 Å². The normalized spacial score (nSPS) is 11.8. The SMILES string of the molecule is CC(C)(C)c1ccc(-c2c(F)c(F)c(F)c(F)c2F)cc1. The Balaban J connectivity index is 2.63. The summed E-state index contributed by atoms with van der Waals surface area (Å²) in [5.74, 6) is -9.68. The molecule has 2 aromatic carbocycles. The Morgan fingerprint density at radius 3 is 1.38 bits per heavy atom. The van der Waals surface area contributed by atoms with Gasteiger partial charge in [-0.15, -0.1) is 0 Å². The topological polar surface area (TPSA) is 0 Å². The van der Waals surface area contributed by atoms with Crippen molar-refractivity contribution in [3.8, 4) is 11.1 Å². The molecule has 0 unspecified atom stereocenters. The van der Waals surface area contributed by atoms with E-state index >= 15 is 0 Å². The molecule has 5 heteroatoms. The molecule has 0 fully saturated rings. The first-order valence-electron chi connectivity index (χ1n) is 6.27. The van der Waals surface area contributed by atoms with Gasteiger partial charge in [0, 0.05) is 0 Å². The lowest BCUT2D eigenvalue weighted by Crippen LogP contribution is -2.10. The van der Waals surface area contributed by atoms with Crippen LogP contribution in [0.25, 0.3) is 11.1 Å². The Morgan fingerprint density at radius 2 is 1.00 bits per heavy atom. The van der Waals surface area contributed by atoms with Gasteiger partial charge in [-0.25, -0.2) is 22.0 Å². The van der Waals surface area contributed by atoms with Gasteiger partial charge >= 0.3 is 0 Å². The number of benzene rings is 2. The first-order valence-corrected chi connectivity index (χ1v) is 6.27. The van der Waals surface area contributed by atoms with Crippen LogP contribution in [0.5, 0.6) is 0 Å². The second-order valence-electron chi connectivity index (χ2n) is 5.77. The molecule has 0 radical (unpaired) electrons. The summed E-state index contributed by atoms with van der Waals surface area (Å²) in [6.07, 6.45) is 0. The summed E-state index contributed by atoms with van der Waals surface area (Å²) in [5, 5.41) is 0. The summed E-state index contributed by atoms with van der Waals surface area (Å²) < 4.78 is 66.8. The molecule has 0 nitrogen and oxygen atoms in total. The maximum Gasteiger partial charge on any atom is 0.200 e. The van der Waals surface area contributed by atoms with Gasteiger partial charge in [0.1, 0.15) is 0 Å². The lowest BCUT2D eigenvalue weighted by molar-refractivity contribution is 0.381. The molecule has 2 rings (SSSR count). The molecular weight excluding hydrogens is 287 g/mol. The third kappa shape index (κ3) is 2.64. The highest BCUT2D eigenvalue weighted by Gasteiger charge is 2.26. The minimum absolute atomic E-state index is 0.0594. The van der Waals surface area contributed by atoms with E-state index in [0.29, 0.717) is 0 Å². The molecule has 0 N–H and O–H groups in total. The van der Waals surface area contributed by atoms with Gasteiger partial charge in [0.05, 0.1) is 5.56 Å². The third-order valence-corrected chi connectivity index (χ3v) is 3.25. The highest BCUT2D eigenvalue weighted by Crippen LogP contribution is 2.32. The van der Waals surface area contributed by atoms with Gasteiger partial charge in [0.15, 0.2) is 23.3 Å². The van der Waals surface area contributed by atoms with E-state index in [4.69, 9.17) is 0 Å². The Kier molecular flexibility index (Phi) is 3.78. The van der Waals surface area contributed by atoms with E-state index in [1.54, 1.807) is 12.1 Å². The number of halogens is 5. The van der Waals surface area contributed by atoms with Crippen LogP contribution in [0.2, 0.25) is 0 Å². The Bertz CT molecular complexity index is 652. The first kappa shape index (κ1) is 15.5. The molecule has 0 aliphatic heterocycles. The van der Waals surface area contributed by atoms with Crippen molar-refractivity contribution < 1.29 is 22.0 Å². The van der Waals surface area contributed by atoms with Gasteiger partial charge in [-0.3, -0.25) is 0 Å². The molecule has 0 bridgehead atoms. The zero-order chi connectivity index (χ0) is 15.9. The highest BCUT2D eigenvalue weighted by atomic mass is 19.2. The van der Waals surface area contributed by atoms with Crippen molar-refractivity contribution in [3.05, 3.63) is 58.9 Å². The van der Waals surface area contributed by atoms with E-state index in [0.717, 1.165) is 5.56 Å². The average molecular weight is 300 g/mol. The predicted octanol–water partition coefficient (Wildman–Crippen LogP) is 5.35. The van der Waals surface area contributed by atoms with E-state index < -0.39 is 34.6 Å². The van der Waals surface area contributed by atoms with Gasteiger partial charge < -0.3 is 0 Å². The average Bonchev–Trinajstić information content (AvgIpc) is 2.43. The Morgan fingerprint density at radius 1 is 0.619 bits per heavy atom. The van der Waals surface area contributed by atoms with Crippen molar-refractivity contribution in [2.75, 3.05) is 0 Å². The molecule has 0 saturated heterocycles. The van der Waals surface area contributed by atoms with Crippen molar-refractivity contribution in [1.82, 2.24) is 0 Å². The summed E-state index contributed by atoms with van der Waals surface area (Å²) >= 11 is 0. The maximum absolute atomic E-state index is 13.7. The smallest absolute Gasteiger partial charge is 0.200 e. The Labute approximate surface area is 119 Å². The highest BCUT2D eigenvalue weighted by molar-refractivity contribution is 5.65. The van der Waals surface area contributed by atoms with Crippen molar-refractivity contribution in [3.63, 3.8) is 0 Å². The lowest BCUT2D eigenvalue weighted by Gasteiger charge is -2.19. The molecule has 2 aromatic rings. The maximum atomic E-state index is 13.7. The molecule has 0 amide bonds. The summed E-state index contributed by atoms with van der Waals surface area (Å²) in [5.41, 5.74) is -0.271. The van der Waals surface area contributed by atoms with E-state index in [2.05, 4.69) is 0 Å². The Hall–Kier alpha value is -1.91. The van der Waals surface area contributed by atoms with Crippen LogP contribution in [-0.2, 0) is 5.41 Å². The zero-order valence-corrected chi connectivity index (χ0v) is 11.7. The molecule has 112 valence electrons. The summed E-state index contributed by atoms with van der Waals surface area (Å²) in [6.45, 7) is 5.83. The van der Waals surface area contributed by atoms with Crippen molar-refractivity contribution in [1.29, 1.82) is 0 Å².